The van der Waals surface area contributed by atoms with Gasteiger partial charge in [-0.05, 0) is 34.6 Å². The van der Waals surface area contributed by atoms with Crippen LogP contribution in [0.1, 0.15) is 34.1 Å². The third-order valence-electron chi connectivity index (χ3n) is 4.02. The van der Waals surface area contributed by atoms with Gasteiger partial charge in [0.1, 0.15) is 0 Å². The van der Waals surface area contributed by atoms with E-state index in [2.05, 4.69) is 74.2 Å². The summed E-state index contributed by atoms with van der Waals surface area (Å²) in [4.78, 5) is 11.1. The summed E-state index contributed by atoms with van der Waals surface area (Å²) in [5.74, 6) is -0.000421. The molecule has 0 aromatic heterocycles. The number of methoxy groups -OCH3 is 1. The second-order valence-corrected chi connectivity index (χ2v) is 12.3. The monoisotopic (exact) mass is 424 g/mol. The number of carbonyl (C=O) groups is 1. The maximum Gasteiger partial charge on any atom is 0.330 e. The summed E-state index contributed by atoms with van der Waals surface area (Å²) in [6.07, 6.45) is 6.31. The van der Waals surface area contributed by atoms with Crippen molar-refractivity contribution in [1.82, 2.24) is 0 Å². The topological polar surface area (TPSA) is 35.5 Å². The first-order valence-electron chi connectivity index (χ1n) is 7.24. The van der Waals surface area contributed by atoms with Crippen molar-refractivity contribution in [3.8, 4) is 0 Å². The fourth-order valence-corrected chi connectivity index (χ4v) is 3.27. The van der Waals surface area contributed by atoms with Crippen molar-refractivity contribution in [3.05, 3.63) is 22.3 Å². The van der Waals surface area contributed by atoms with E-state index >= 15 is 0 Å². The van der Waals surface area contributed by atoms with Crippen LogP contribution in [0.3, 0.4) is 0 Å². The molecule has 0 aliphatic rings. The molecule has 0 fully saturated rings. The van der Waals surface area contributed by atoms with Crippen LogP contribution in [-0.4, -0.2) is 27.5 Å². The summed E-state index contributed by atoms with van der Waals surface area (Å²) in [6.45, 7) is 13.4. The number of rotatable bonds is 7. The lowest BCUT2D eigenvalue weighted by atomic mass is 10.0. The highest BCUT2D eigenvalue weighted by Crippen LogP contribution is 2.38. The lowest BCUT2D eigenvalue weighted by Crippen LogP contribution is -2.44. The largest absolute Gasteiger partial charge is 0.466 e. The van der Waals surface area contributed by atoms with Crippen LogP contribution in [0, 0.1) is 5.92 Å². The molecule has 0 radical (unpaired) electrons. The summed E-state index contributed by atoms with van der Waals surface area (Å²) in [5.41, 5.74) is 0. The molecule has 5 heteroatoms. The second kappa shape index (κ2) is 9.10. The Morgan fingerprint density at radius 1 is 1.33 bits per heavy atom. The van der Waals surface area contributed by atoms with E-state index < -0.39 is 8.32 Å². The Balaban J connectivity index is 4.83. The molecule has 122 valence electrons. The molecule has 0 saturated heterocycles. The zero-order valence-electron chi connectivity index (χ0n) is 14.3. The van der Waals surface area contributed by atoms with Crippen LogP contribution in [0.25, 0.3) is 0 Å². The molecular weight excluding hydrogens is 395 g/mol. The molecule has 3 nitrogen and oxygen atoms in total. The zero-order chi connectivity index (χ0) is 16.7. The highest BCUT2D eigenvalue weighted by atomic mass is 127. The van der Waals surface area contributed by atoms with Crippen LogP contribution >= 0.6 is 22.6 Å². The number of esters is 1. The Bertz CT molecular complexity index is 383. The Labute approximate surface area is 144 Å². The van der Waals surface area contributed by atoms with Crippen molar-refractivity contribution in [2.75, 3.05) is 7.11 Å². The maximum atomic E-state index is 11.1. The van der Waals surface area contributed by atoms with Gasteiger partial charge in [0, 0.05) is 6.08 Å². The highest BCUT2D eigenvalue weighted by Gasteiger charge is 2.39. The third-order valence-corrected chi connectivity index (χ3v) is 8.91. The van der Waals surface area contributed by atoms with Crippen LogP contribution in [0.5, 0.6) is 0 Å². The molecule has 0 saturated carbocycles. The smallest absolute Gasteiger partial charge is 0.330 e. The fourth-order valence-electron chi connectivity index (χ4n) is 1.51. The first kappa shape index (κ1) is 20.9. The van der Waals surface area contributed by atoms with E-state index in [4.69, 9.17) is 4.43 Å². The van der Waals surface area contributed by atoms with Crippen LogP contribution in [0.15, 0.2) is 22.3 Å². The van der Waals surface area contributed by atoms with E-state index in [0.717, 1.165) is 6.42 Å². The molecular formula is C16H29IO3Si. The fraction of sp³-hybridized carbons (Fsp3) is 0.688. The quantitative estimate of drug-likeness (QED) is 0.247. The van der Waals surface area contributed by atoms with E-state index in [-0.39, 0.29) is 17.1 Å². The molecule has 0 aliphatic heterocycles. The van der Waals surface area contributed by atoms with Crippen LogP contribution in [0.4, 0.5) is 0 Å². The number of carbonyl (C=O) groups excluding carboxylic acids is 1. The average molecular weight is 424 g/mol. The number of hydrogen-bond acceptors (Lipinski definition) is 3. The minimum Gasteiger partial charge on any atom is -0.466 e. The highest BCUT2D eigenvalue weighted by molar-refractivity contribution is 14.1. The van der Waals surface area contributed by atoms with Gasteiger partial charge in [0.05, 0.1) is 13.2 Å². The van der Waals surface area contributed by atoms with Gasteiger partial charge >= 0.3 is 5.97 Å². The van der Waals surface area contributed by atoms with Gasteiger partial charge in [0.25, 0.3) is 0 Å². The maximum absolute atomic E-state index is 11.1. The van der Waals surface area contributed by atoms with Gasteiger partial charge in [0.15, 0.2) is 8.32 Å². The molecule has 0 aliphatic carbocycles. The first-order valence-corrected chi connectivity index (χ1v) is 11.4. The number of halogens is 1. The molecule has 0 rings (SSSR count). The standard InChI is InChI=1S/C16H29IO3Si/c1-13(9-8-10-15(18)19-5)14(11-12-17)20-21(6,7)16(2,3)4/h8,10-14H,9H2,1-7H3/b10-8+,12-11-/t13-,14+/m0/s1. The molecule has 0 bridgehead atoms. The third kappa shape index (κ3) is 7.60. The van der Waals surface area contributed by atoms with Crippen molar-refractivity contribution in [2.45, 2.75) is 58.4 Å². The predicted octanol–water partition coefficient (Wildman–Crippen LogP) is 5.08. The Morgan fingerprint density at radius 3 is 2.33 bits per heavy atom. The normalized spacial score (nSPS) is 16.4. The van der Waals surface area contributed by atoms with Crippen LogP contribution in [0.2, 0.25) is 18.1 Å². The van der Waals surface area contributed by atoms with E-state index in [1.165, 1.54) is 13.2 Å². The molecule has 0 heterocycles. The molecule has 0 aromatic carbocycles. The minimum atomic E-state index is -1.81. The van der Waals surface area contributed by atoms with Crippen LogP contribution in [-0.2, 0) is 14.0 Å². The summed E-state index contributed by atoms with van der Waals surface area (Å²) in [7, 11) is -0.419. The van der Waals surface area contributed by atoms with Gasteiger partial charge < -0.3 is 9.16 Å². The van der Waals surface area contributed by atoms with Crippen molar-refractivity contribution in [3.63, 3.8) is 0 Å². The van der Waals surface area contributed by atoms with Gasteiger partial charge in [-0.2, -0.15) is 0 Å². The number of hydrogen-bond donors (Lipinski definition) is 0. The van der Waals surface area contributed by atoms with Crippen molar-refractivity contribution < 1.29 is 14.0 Å². The predicted molar refractivity (Wildman–Crippen MR) is 100 cm³/mol. The van der Waals surface area contributed by atoms with E-state index in [9.17, 15) is 4.79 Å². The second-order valence-electron chi connectivity index (χ2n) is 6.80. The van der Waals surface area contributed by atoms with Crippen molar-refractivity contribution in [1.29, 1.82) is 0 Å². The van der Waals surface area contributed by atoms with Gasteiger partial charge in [-0.15, -0.1) is 0 Å². The summed E-state index contributed by atoms with van der Waals surface area (Å²) < 4.78 is 13.1. The molecule has 21 heavy (non-hydrogen) atoms. The molecule has 0 aromatic rings. The molecule has 0 N–H and O–H groups in total. The lowest BCUT2D eigenvalue weighted by molar-refractivity contribution is -0.134. The zero-order valence-corrected chi connectivity index (χ0v) is 17.4. The van der Waals surface area contributed by atoms with Gasteiger partial charge in [-0.25, -0.2) is 4.79 Å². The lowest BCUT2D eigenvalue weighted by Gasteiger charge is -2.40. The van der Waals surface area contributed by atoms with Crippen molar-refractivity contribution >= 4 is 36.9 Å². The van der Waals surface area contributed by atoms with Gasteiger partial charge in [-0.1, -0.05) is 62.4 Å². The van der Waals surface area contributed by atoms with Crippen LogP contribution < -0.4 is 0 Å². The van der Waals surface area contributed by atoms with E-state index in [1.807, 2.05) is 10.2 Å². The number of ether oxygens (including phenoxy) is 1. The van der Waals surface area contributed by atoms with E-state index in [1.54, 1.807) is 0 Å². The SMILES string of the molecule is COC(=O)/C=C/C[C@H](C)[C@@H](/C=C\I)O[Si](C)(C)C(C)(C)C. The Hall–Kier alpha value is -0.143. The molecule has 2 atom stereocenters. The summed E-state index contributed by atoms with van der Waals surface area (Å²) in [5, 5.41) is 0.186. The Kier molecular flexibility index (Phi) is 9.04. The average Bonchev–Trinajstić information content (AvgIpc) is 2.36. The Morgan fingerprint density at radius 2 is 1.90 bits per heavy atom. The summed E-state index contributed by atoms with van der Waals surface area (Å²) >= 11 is 2.23. The van der Waals surface area contributed by atoms with Gasteiger partial charge in [0.2, 0.25) is 0 Å². The molecule has 0 amide bonds. The van der Waals surface area contributed by atoms with Gasteiger partial charge in [-0.3, -0.25) is 0 Å². The summed E-state index contributed by atoms with van der Waals surface area (Å²) in [6, 6.07) is 0. The number of allylic oxidation sites excluding steroid dienone is 1. The molecule has 0 spiro atoms. The molecule has 0 unspecified atom stereocenters. The first-order chi connectivity index (χ1) is 9.55. The van der Waals surface area contributed by atoms with Crippen molar-refractivity contribution in [2.24, 2.45) is 5.92 Å². The van der Waals surface area contributed by atoms with E-state index in [0.29, 0.717) is 5.92 Å². The minimum absolute atomic E-state index is 0.0742.